The van der Waals surface area contributed by atoms with Crippen LogP contribution in [0, 0.1) is 0 Å². The van der Waals surface area contributed by atoms with Crippen LogP contribution in [0.3, 0.4) is 0 Å². The molecule has 1 aromatic rings. The molecule has 2 saturated heterocycles. The molecule has 172 valence electrons. The summed E-state index contributed by atoms with van der Waals surface area (Å²) in [6.45, 7) is 10.7. The van der Waals surface area contributed by atoms with Crippen molar-refractivity contribution in [1.29, 1.82) is 0 Å². The van der Waals surface area contributed by atoms with Gasteiger partial charge in [-0.25, -0.2) is 9.98 Å². The van der Waals surface area contributed by atoms with Crippen molar-refractivity contribution in [2.75, 3.05) is 57.4 Å². The van der Waals surface area contributed by atoms with Gasteiger partial charge in [0.1, 0.15) is 5.82 Å². The summed E-state index contributed by atoms with van der Waals surface area (Å²) in [7, 11) is 0. The molecule has 2 N–H and O–H groups in total. The van der Waals surface area contributed by atoms with Gasteiger partial charge in [-0.05, 0) is 44.2 Å². The fourth-order valence-electron chi connectivity index (χ4n) is 5.26. The summed E-state index contributed by atoms with van der Waals surface area (Å²) in [5, 5.41) is 7.12. The van der Waals surface area contributed by atoms with Gasteiger partial charge < -0.3 is 20.3 Å². The van der Waals surface area contributed by atoms with E-state index in [0.29, 0.717) is 6.54 Å². The van der Waals surface area contributed by atoms with Crippen molar-refractivity contribution in [1.82, 2.24) is 20.5 Å². The molecule has 1 aliphatic carbocycles. The Kier molecular flexibility index (Phi) is 8.03. The van der Waals surface area contributed by atoms with Gasteiger partial charge >= 0.3 is 0 Å². The second kappa shape index (κ2) is 11.1. The fraction of sp³-hybridized carbons (Fsp3) is 0.750. The molecule has 2 aliphatic heterocycles. The molecule has 0 unspecified atom stereocenters. The van der Waals surface area contributed by atoms with E-state index in [1.165, 1.54) is 44.9 Å². The number of hydrogen-bond donors (Lipinski definition) is 2. The Hall–Kier alpha value is -1.86. The SMILES string of the molecule is CCNC(=NCc1ccc(N2CCCC2)nc1)NCC1(N2CCOCC2)CCCCC1. The molecule has 4 rings (SSSR count). The highest BCUT2D eigenvalue weighted by Crippen LogP contribution is 2.33. The second-order valence-electron chi connectivity index (χ2n) is 9.15. The zero-order valence-electron chi connectivity index (χ0n) is 19.2. The van der Waals surface area contributed by atoms with Gasteiger partial charge in [0.2, 0.25) is 0 Å². The Balaban J connectivity index is 1.37. The highest BCUT2D eigenvalue weighted by atomic mass is 16.5. The van der Waals surface area contributed by atoms with Gasteiger partial charge in [-0.3, -0.25) is 4.90 Å². The number of anilines is 1. The van der Waals surface area contributed by atoms with Gasteiger partial charge in [-0.15, -0.1) is 0 Å². The van der Waals surface area contributed by atoms with Gasteiger partial charge in [-0.2, -0.15) is 0 Å². The quantitative estimate of drug-likeness (QED) is 0.514. The molecule has 0 spiro atoms. The number of guanidine groups is 1. The smallest absolute Gasteiger partial charge is 0.191 e. The minimum atomic E-state index is 0.233. The van der Waals surface area contributed by atoms with E-state index in [0.717, 1.165) is 69.8 Å². The van der Waals surface area contributed by atoms with Crippen LogP contribution < -0.4 is 15.5 Å². The molecule has 0 amide bonds. The number of ether oxygens (including phenoxy) is 1. The standard InChI is InChI=1S/C24H40N6O/c1-2-25-23(27-19-21-8-9-22(26-18-21)29-12-6-7-13-29)28-20-24(10-4-3-5-11-24)30-14-16-31-17-15-30/h8-9,18H,2-7,10-17,19-20H2,1H3,(H2,25,27,28). The Morgan fingerprint density at radius 3 is 2.48 bits per heavy atom. The summed E-state index contributed by atoms with van der Waals surface area (Å²) in [4.78, 5) is 14.6. The van der Waals surface area contributed by atoms with E-state index in [1.807, 2.05) is 6.20 Å². The van der Waals surface area contributed by atoms with E-state index < -0.39 is 0 Å². The van der Waals surface area contributed by atoms with Crippen LogP contribution in [0.5, 0.6) is 0 Å². The Labute approximate surface area is 187 Å². The highest BCUT2D eigenvalue weighted by Gasteiger charge is 2.38. The van der Waals surface area contributed by atoms with Crippen LogP contribution in [0.2, 0.25) is 0 Å². The molecule has 1 saturated carbocycles. The van der Waals surface area contributed by atoms with E-state index in [4.69, 9.17) is 9.73 Å². The molecule has 0 radical (unpaired) electrons. The molecular formula is C24H40N6O. The van der Waals surface area contributed by atoms with Gasteiger partial charge in [0.05, 0.1) is 19.8 Å². The molecule has 0 aromatic carbocycles. The largest absolute Gasteiger partial charge is 0.379 e. The first kappa shape index (κ1) is 22.3. The number of aliphatic imine (C=N–C) groups is 1. The van der Waals surface area contributed by atoms with Gasteiger partial charge in [0.25, 0.3) is 0 Å². The molecule has 3 fully saturated rings. The minimum Gasteiger partial charge on any atom is -0.379 e. The van der Waals surface area contributed by atoms with Crippen LogP contribution in [-0.4, -0.2) is 73.9 Å². The first-order valence-corrected chi connectivity index (χ1v) is 12.3. The summed E-state index contributed by atoms with van der Waals surface area (Å²) < 4.78 is 5.62. The summed E-state index contributed by atoms with van der Waals surface area (Å²) in [6.07, 6.45) is 11.1. The van der Waals surface area contributed by atoms with E-state index in [2.05, 4.69) is 44.5 Å². The molecule has 7 nitrogen and oxygen atoms in total. The number of pyridine rings is 1. The number of hydrogen-bond acceptors (Lipinski definition) is 5. The molecule has 3 aliphatic rings. The molecular weight excluding hydrogens is 388 g/mol. The predicted molar refractivity (Wildman–Crippen MR) is 127 cm³/mol. The van der Waals surface area contributed by atoms with Gasteiger partial charge in [-0.1, -0.05) is 25.3 Å². The van der Waals surface area contributed by atoms with Crippen molar-refractivity contribution in [3.63, 3.8) is 0 Å². The van der Waals surface area contributed by atoms with Crippen molar-refractivity contribution in [3.8, 4) is 0 Å². The lowest BCUT2D eigenvalue weighted by molar-refractivity contribution is -0.0352. The maximum absolute atomic E-state index is 5.62. The lowest BCUT2D eigenvalue weighted by atomic mass is 9.80. The van der Waals surface area contributed by atoms with E-state index in [1.54, 1.807) is 0 Å². The minimum absolute atomic E-state index is 0.233. The number of nitrogens with one attached hydrogen (secondary N) is 2. The first-order valence-electron chi connectivity index (χ1n) is 12.3. The van der Waals surface area contributed by atoms with Crippen molar-refractivity contribution in [3.05, 3.63) is 23.9 Å². The van der Waals surface area contributed by atoms with Crippen molar-refractivity contribution < 1.29 is 4.74 Å². The van der Waals surface area contributed by atoms with E-state index in [9.17, 15) is 0 Å². The van der Waals surface area contributed by atoms with Crippen molar-refractivity contribution >= 4 is 11.8 Å². The predicted octanol–water partition coefficient (Wildman–Crippen LogP) is 2.77. The summed E-state index contributed by atoms with van der Waals surface area (Å²) in [6, 6.07) is 4.32. The van der Waals surface area contributed by atoms with Crippen LogP contribution in [0.15, 0.2) is 23.3 Å². The van der Waals surface area contributed by atoms with Gasteiger partial charge in [0.15, 0.2) is 5.96 Å². The van der Waals surface area contributed by atoms with E-state index >= 15 is 0 Å². The van der Waals surface area contributed by atoms with Crippen LogP contribution in [0.25, 0.3) is 0 Å². The average molecular weight is 429 g/mol. The Bertz CT molecular complexity index is 689. The third-order valence-corrected chi connectivity index (χ3v) is 7.05. The molecule has 1 aromatic heterocycles. The van der Waals surface area contributed by atoms with Crippen LogP contribution in [0.1, 0.15) is 57.4 Å². The van der Waals surface area contributed by atoms with Gasteiger partial charge in [0, 0.05) is 51.0 Å². The third kappa shape index (κ3) is 5.89. The number of nitrogens with zero attached hydrogens (tertiary/aromatic N) is 4. The molecule has 3 heterocycles. The molecule has 7 heteroatoms. The topological polar surface area (TPSA) is 65.0 Å². The van der Waals surface area contributed by atoms with Crippen LogP contribution in [-0.2, 0) is 11.3 Å². The first-order chi connectivity index (χ1) is 15.3. The van der Waals surface area contributed by atoms with Crippen molar-refractivity contribution in [2.24, 2.45) is 4.99 Å². The summed E-state index contributed by atoms with van der Waals surface area (Å²) in [5.74, 6) is 2.00. The molecule has 0 atom stereocenters. The summed E-state index contributed by atoms with van der Waals surface area (Å²) in [5.41, 5.74) is 1.39. The zero-order chi connectivity index (χ0) is 21.4. The number of aromatic nitrogens is 1. The normalized spacial score (nSPS) is 22.5. The highest BCUT2D eigenvalue weighted by molar-refractivity contribution is 5.79. The maximum atomic E-state index is 5.62. The lowest BCUT2D eigenvalue weighted by Crippen LogP contribution is -2.60. The number of rotatable bonds is 7. The molecule has 31 heavy (non-hydrogen) atoms. The second-order valence-corrected chi connectivity index (χ2v) is 9.15. The third-order valence-electron chi connectivity index (χ3n) is 7.05. The van der Waals surface area contributed by atoms with Crippen LogP contribution in [0.4, 0.5) is 5.82 Å². The van der Waals surface area contributed by atoms with E-state index in [-0.39, 0.29) is 5.54 Å². The number of morpholine rings is 1. The Morgan fingerprint density at radius 1 is 1.03 bits per heavy atom. The van der Waals surface area contributed by atoms with Crippen LogP contribution >= 0.6 is 0 Å². The lowest BCUT2D eigenvalue weighted by Gasteiger charge is -2.48. The monoisotopic (exact) mass is 428 g/mol. The zero-order valence-corrected chi connectivity index (χ0v) is 19.2. The average Bonchev–Trinajstić information content (AvgIpc) is 3.37. The Morgan fingerprint density at radius 2 is 1.81 bits per heavy atom. The fourth-order valence-corrected chi connectivity index (χ4v) is 5.26. The molecule has 0 bridgehead atoms. The maximum Gasteiger partial charge on any atom is 0.191 e. The van der Waals surface area contributed by atoms with Crippen molar-refractivity contribution in [2.45, 2.75) is 64.0 Å². The summed E-state index contributed by atoms with van der Waals surface area (Å²) >= 11 is 0.